The molecule has 13 heteroatoms. The van der Waals surface area contributed by atoms with Gasteiger partial charge in [0.1, 0.15) is 6.61 Å². The van der Waals surface area contributed by atoms with Crippen LogP contribution in [0.25, 0.3) is 0 Å². The highest BCUT2D eigenvalue weighted by molar-refractivity contribution is 5.80. The Hall–Kier alpha value is -3.77. The predicted molar refractivity (Wildman–Crippen MR) is 104 cm³/mol. The standard InChI is InChI=1S/C19H24N2O11/c1-9(22)20-7-15(21(10(2)23)19(20)28)17(31-13(5)26)18(32-14(6)27)16(30-12(4)25)8-29-11(3)24/h7,16-18H,8H2,1-6H3/t16-,17+,18+/m1/s1. The molecule has 0 amide bonds. The Morgan fingerprint density at radius 3 is 1.72 bits per heavy atom. The molecule has 0 unspecified atom stereocenters. The molecular formula is C19H24N2O11. The summed E-state index contributed by atoms with van der Waals surface area (Å²) in [6.45, 7) is 5.59. The largest absolute Gasteiger partial charge is 0.462 e. The van der Waals surface area contributed by atoms with Crippen LogP contribution in [0, 0.1) is 0 Å². The maximum atomic E-state index is 12.6. The van der Waals surface area contributed by atoms with E-state index in [1.165, 1.54) is 0 Å². The molecule has 0 aliphatic rings. The van der Waals surface area contributed by atoms with E-state index in [0.29, 0.717) is 9.13 Å². The van der Waals surface area contributed by atoms with Crippen LogP contribution in [0.5, 0.6) is 0 Å². The Bertz CT molecular complexity index is 988. The first kappa shape index (κ1) is 26.3. The summed E-state index contributed by atoms with van der Waals surface area (Å²) in [6, 6.07) is 0. The van der Waals surface area contributed by atoms with E-state index in [4.69, 9.17) is 18.9 Å². The highest BCUT2D eigenvalue weighted by atomic mass is 16.6. The van der Waals surface area contributed by atoms with Gasteiger partial charge >= 0.3 is 29.6 Å². The number of ether oxygens (including phenoxy) is 4. The highest BCUT2D eigenvalue weighted by Gasteiger charge is 2.42. The molecule has 0 radical (unpaired) electrons. The van der Waals surface area contributed by atoms with Crippen molar-refractivity contribution in [3.63, 3.8) is 0 Å². The molecule has 0 N–H and O–H groups in total. The molecule has 0 spiro atoms. The Morgan fingerprint density at radius 2 is 1.31 bits per heavy atom. The summed E-state index contributed by atoms with van der Waals surface area (Å²) in [5.74, 6) is -5.03. The van der Waals surface area contributed by atoms with Gasteiger partial charge in [-0.2, -0.15) is 0 Å². The number of imidazole rings is 1. The second-order valence-corrected chi connectivity index (χ2v) is 6.63. The summed E-state index contributed by atoms with van der Waals surface area (Å²) in [6.07, 6.45) is -3.92. The third kappa shape index (κ3) is 6.89. The molecule has 0 aromatic carbocycles. The second kappa shape index (κ2) is 11.0. The summed E-state index contributed by atoms with van der Waals surface area (Å²) >= 11 is 0. The van der Waals surface area contributed by atoms with Gasteiger partial charge in [0.15, 0.2) is 18.3 Å². The number of esters is 4. The van der Waals surface area contributed by atoms with Crippen LogP contribution in [0.2, 0.25) is 0 Å². The lowest BCUT2D eigenvalue weighted by Gasteiger charge is -2.31. The molecule has 0 aliphatic heterocycles. The lowest BCUT2D eigenvalue weighted by Crippen LogP contribution is -2.44. The van der Waals surface area contributed by atoms with Gasteiger partial charge in [0.25, 0.3) is 0 Å². The zero-order chi connectivity index (χ0) is 24.7. The third-order valence-corrected chi connectivity index (χ3v) is 3.89. The summed E-state index contributed by atoms with van der Waals surface area (Å²) in [5.41, 5.74) is -1.39. The van der Waals surface area contributed by atoms with Crippen molar-refractivity contribution >= 4 is 35.7 Å². The summed E-state index contributed by atoms with van der Waals surface area (Å²) in [5, 5.41) is 0. The van der Waals surface area contributed by atoms with Gasteiger partial charge in [-0.05, 0) is 0 Å². The number of nitrogens with zero attached hydrogens (tertiary/aromatic N) is 2. The van der Waals surface area contributed by atoms with Gasteiger partial charge in [-0.3, -0.25) is 28.8 Å². The van der Waals surface area contributed by atoms with Crippen LogP contribution in [0.3, 0.4) is 0 Å². The van der Waals surface area contributed by atoms with Gasteiger partial charge in [-0.1, -0.05) is 0 Å². The molecule has 176 valence electrons. The molecule has 0 saturated carbocycles. The number of aromatic nitrogens is 2. The smallest absolute Gasteiger partial charge is 0.342 e. The highest BCUT2D eigenvalue weighted by Crippen LogP contribution is 2.28. The molecule has 0 bridgehead atoms. The van der Waals surface area contributed by atoms with E-state index in [9.17, 15) is 33.6 Å². The first-order valence-corrected chi connectivity index (χ1v) is 9.27. The lowest BCUT2D eigenvalue weighted by atomic mass is 10.0. The van der Waals surface area contributed by atoms with Gasteiger partial charge in [-0.15, -0.1) is 0 Å². The fraction of sp³-hybridized carbons (Fsp3) is 0.526. The van der Waals surface area contributed by atoms with Crippen LogP contribution in [-0.4, -0.2) is 63.6 Å². The molecule has 0 saturated heterocycles. The van der Waals surface area contributed by atoms with Crippen molar-refractivity contribution in [1.82, 2.24) is 9.13 Å². The maximum absolute atomic E-state index is 12.6. The number of carbonyl (C=O) groups excluding carboxylic acids is 6. The van der Waals surface area contributed by atoms with Crippen LogP contribution < -0.4 is 5.69 Å². The van der Waals surface area contributed by atoms with E-state index in [0.717, 1.165) is 47.7 Å². The summed E-state index contributed by atoms with van der Waals surface area (Å²) in [4.78, 5) is 83.1. The number of rotatable bonds is 8. The normalized spacial score (nSPS) is 13.3. The number of hydrogen-bond donors (Lipinski definition) is 0. The van der Waals surface area contributed by atoms with Crippen LogP contribution in [-0.2, 0) is 38.1 Å². The van der Waals surface area contributed by atoms with Gasteiger partial charge in [0.2, 0.25) is 11.8 Å². The van der Waals surface area contributed by atoms with Crippen LogP contribution in [0.15, 0.2) is 11.0 Å². The Labute approximate surface area is 182 Å². The van der Waals surface area contributed by atoms with Crippen molar-refractivity contribution in [3.8, 4) is 0 Å². The Balaban J connectivity index is 3.77. The fourth-order valence-electron chi connectivity index (χ4n) is 2.81. The van der Waals surface area contributed by atoms with Crippen molar-refractivity contribution in [2.45, 2.75) is 59.9 Å². The first-order chi connectivity index (χ1) is 14.8. The zero-order valence-electron chi connectivity index (χ0n) is 18.4. The molecule has 13 nitrogen and oxygen atoms in total. The Morgan fingerprint density at radius 1 is 0.781 bits per heavy atom. The van der Waals surface area contributed by atoms with E-state index in [2.05, 4.69) is 0 Å². The maximum Gasteiger partial charge on any atom is 0.342 e. The van der Waals surface area contributed by atoms with E-state index in [1.807, 2.05) is 0 Å². The molecule has 1 aromatic heterocycles. The third-order valence-electron chi connectivity index (χ3n) is 3.89. The quantitative estimate of drug-likeness (QED) is 0.381. The minimum atomic E-state index is -1.70. The monoisotopic (exact) mass is 456 g/mol. The van der Waals surface area contributed by atoms with Crippen molar-refractivity contribution in [3.05, 3.63) is 22.4 Å². The van der Waals surface area contributed by atoms with E-state index >= 15 is 0 Å². The van der Waals surface area contributed by atoms with E-state index in [-0.39, 0.29) is 5.69 Å². The zero-order valence-corrected chi connectivity index (χ0v) is 18.4. The molecule has 32 heavy (non-hydrogen) atoms. The number of hydrogen-bond acceptors (Lipinski definition) is 11. The number of carbonyl (C=O) groups is 6. The average Bonchev–Trinajstić information content (AvgIpc) is 2.98. The summed E-state index contributed by atoms with van der Waals surface area (Å²) < 4.78 is 21.5. The average molecular weight is 456 g/mol. The summed E-state index contributed by atoms with van der Waals surface area (Å²) in [7, 11) is 0. The molecule has 1 aromatic rings. The molecule has 0 aliphatic carbocycles. The van der Waals surface area contributed by atoms with Crippen molar-refractivity contribution < 1.29 is 47.7 Å². The minimum Gasteiger partial charge on any atom is -0.462 e. The molecule has 1 heterocycles. The lowest BCUT2D eigenvalue weighted by molar-refractivity contribution is -0.190. The first-order valence-electron chi connectivity index (χ1n) is 9.27. The van der Waals surface area contributed by atoms with Gasteiger partial charge in [0, 0.05) is 47.7 Å². The van der Waals surface area contributed by atoms with Crippen LogP contribution in [0.4, 0.5) is 0 Å². The van der Waals surface area contributed by atoms with Crippen molar-refractivity contribution in [2.75, 3.05) is 6.61 Å². The van der Waals surface area contributed by atoms with Gasteiger partial charge < -0.3 is 18.9 Å². The van der Waals surface area contributed by atoms with Crippen LogP contribution >= 0.6 is 0 Å². The SMILES string of the molecule is CC(=O)OC[C@@H](OC(C)=O)[C@H](OC(C)=O)[C@@H](OC(C)=O)c1cn(C(C)=O)c(=O)n1C(C)=O. The molecule has 0 fully saturated rings. The fourth-order valence-corrected chi connectivity index (χ4v) is 2.81. The second-order valence-electron chi connectivity index (χ2n) is 6.63. The minimum absolute atomic E-state index is 0.334. The van der Waals surface area contributed by atoms with Gasteiger partial charge in [0.05, 0.1) is 5.69 Å². The molecule has 1 rings (SSSR count). The molecular weight excluding hydrogens is 432 g/mol. The van der Waals surface area contributed by atoms with Gasteiger partial charge in [-0.25, -0.2) is 13.9 Å². The topological polar surface area (TPSA) is 166 Å². The van der Waals surface area contributed by atoms with Crippen LogP contribution in [0.1, 0.15) is 62.9 Å². The van der Waals surface area contributed by atoms with Crippen molar-refractivity contribution in [1.29, 1.82) is 0 Å². The molecule has 3 atom stereocenters. The van der Waals surface area contributed by atoms with E-state index < -0.39 is 66.3 Å². The van der Waals surface area contributed by atoms with E-state index in [1.54, 1.807) is 0 Å². The Kier molecular flexibility index (Phi) is 9.05. The van der Waals surface area contributed by atoms with Crippen molar-refractivity contribution in [2.24, 2.45) is 0 Å². The predicted octanol–water partition coefficient (Wildman–Crippen LogP) is 0.000700.